The zero-order valence-corrected chi connectivity index (χ0v) is 17.7. The van der Waals surface area contributed by atoms with Crippen molar-refractivity contribution in [3.8, 4) is 11.8 Å². The first-order valence-electron chi connectivity index (χ1n) is 9.80. The SMILES string of the molecule is CC(C)(C)OC(=O)N1CCN(CC(=O)Nc2ccc(Oc3ncccn3)cc2)C(=O)C1. The van der Waals surface area contributed by atoms with Gasteiger partial charge in [-0.05, 0) is 51.1 Å². The number of aromatic nitrogens is 2. The van der Waals surface area contributed by atoms with Crippen molar-refractivity contribution in [2.24, 2.45) is 0 Å². The number of benzene rings is 1. The van der Waals surface area contributed by atoms with Gasteiger partial charge in [-0.2, -0.15) is 0 Å². The van der Waals surface area contributed by atoms with Crippen LogP contribution in [-0.2, 0) is 14.3 Å². The summed E-state index contributed by atoms with van der Waals surface area (Å²) in [5.41, 5.74) is -0.0718. The summed E-state index contributed by atoms with van der Waals surface area (Å²) in [7, 11) is 0. The van der Waals surface area contributed by atoms with E-state index in [0.29, 0.717) is 18.0 Å². The molecule has 0 saturated carbocycles. The second-order valence-electron chi connectivity index (χ2n) is 7.92. The van der Waals surface area contributed by atoms with E-state index < -0.39 is 11.7 Å². The number of ether oxygens (including phenoxy) is 2. The number of anilines is 1. The predicted molar refractivity (Wildman–Crippen MR) is 112 cm³/mol. The molecule has 10 heteroatoms. The molecule has 2 aromatic rings. The summed E-state index contributed by atoms with van der Waals surface area (Å²) in [6, 6.07) is 8.63. The third-order valence-electron chi connectivity index (χ3n) is 4.19. The smallest absolute Gasteiger partial charge is 0.410 e. The van der Waals surface area contributed by atoms with Crippen molar-refractivity contribution in [2.45, 2.75) is 26.4 Å². The van der Waals surface area contributed by atoms with Crippen molar-refractivity contribution >= 4 is 23.6 Å². The summed E-state index contributed by atoms with van der Waals surface area (Å²) in [5.74, 6) is -0.115. The molecule has 10 nitrogen and oxygen atoms in total. The van der Waals surface area contributed by atoms with Crippen LogP contribution in [0, 0.1) is 0 Å². The van der Waals surface area contributed by atoms with Gasteiger partial charge in [-0.15, -0.1) is 0 Å². The second-order valence-corrected chi connectivity index (χ2v) is 7.92. The third kappa shape index (κ3) is 6.66. The number of hydrogen-bond acceptors (Lipinski definition) is 7. The van der Waals surface area contributed by atoms with Crippen LogP contribution in [0.4, 0.5) is 10.5 Å². The fourth-order valence-corrected chi connectivity index (χ4v) is 2.78. The molecule has 1 N–H and O–H groups in total. The van der Waals surface area contributed by atoms with Crippen LogP contribution in [0.25, 0.3) is 0 Å². The van der Waals surface area contributed by atoms with E-state index in [1.54, 1.807) is 63.5 Å². The van der Waals surface area contributed by atoms with E-state index in [-0.39, 0.29) is 37.5 Å². The molecule has 1 aromatic heterocycles. The van der Waals surface area contributed by atoms with Crippen LogP contribution in [0.15, 0.2) is 42.7 Å². The first-order chi connectivity index (χ1) is 14.7. The lowest BCUT2D eigenvalue weighted by Crippen LogP contribution is -2.54. The molecular weight excluding hydrogens is 402 g/mol. The highest BCUT2D eigenvalue weighted by molar-refractivity contribution is 5.95. The Morgan fingerprint density at radius 3 is 2.39 bits per heavy atom. The summed E-state index contributed by atoms with van der Waals surface area (Å²) < 4.78 is 10.8. The van der Waals surface area contributed by atoms with Gasteiger partial charge in [-0.1, -0.05) is 0 Å². The van der Waals surface area contributed by atoms with Crippen LogP contribution in [-0.4, -0.2) is 69.5 Å². The van der Waals surface area contributed by atoms with E-state index in [4.69, 9.17) is 9.47 Å². The molecule has 1 aliphatic rings. The van der Waals surface area contributed by atoms with Crippen molar-refractivity contribution < 1.29 is 23.9 Å². The highest BCUT2D eigenvalue weighted by Crippen LogP contribution is 2.20. The molecule has 0 unspecified atom stereocenters. The van der Waals surface area contributed by atoms with Gasteiger partial charge < -0.3 is 19.7 Å². The largest absolute Gasteiger partial charge is 0.444 e. The van der Waals surface area contributed by atoms with E-state index in [9.17, 15) is 14.4 Å². The molecule has 1 fully saturated rings. The van der Waals surface area contributed by atoms with Gasteiger partial charge in [0.2, 0.25) is 11.8 Å². The Bertz CT molecular complexity index is 927. The number of nitrogens with one attached hydrogen (secondary N) is 1. The number of amides is 3. The van der Waals surface area contributed by atoms with Gasteiger partial charge in [0.1, 0.15) is 17.9 Å². The van der Waals surface area contributed by atoms with E-state index in [1.807, 2.05) is 0 Å². The Morgan fingerprint density at radius 1 is 1.10 bits per heavy atom. The van der Waals surface area contributed by atoms with Gasteiger partial charge in [-0.25, -0.2) is 14.8 Å². The first kappa shape index (κ1) is 22.0. The normalized spacial score (nSPS) is 14.2. The predicted octanol–water partition coefficient (Wildman–Crippen LogP) is 2.29. The number of piperazine rings is 1. The fourth-order valence-electron chi connectivity index (χ4n) is 2.78. The maximum absolute atomic E-state index is 12.3. The summed E-state index contributed by atoms with van der Waals surface area (Å²) in [4.78, 5) is 47.5. The van der Waals surface area contributed by atoms with Crippen LogP contribution in [0.3, 0.4) is 0 Å². The zero-order chi connectivity index (χ0) is 22.4. The monoisotopic (exact) mass is 427 g/mol. The molecule has 1 aliphatic heterocycles. The standard InChI is InChI=1S/C21H25N5O5/c1-21(2,3)31-20(29)26-12-11-25(18(28)14-26)13-17(27)24-15-5-7-16(8-6-15)30-19-22-9-4-10-23-19/h4-10H,11-14H2,1-3H3,(H,24,27). The lowest BCUT2D eigenvalue weighted by molar-refractivity contribution is -0.138. The molecule has 0 atom stereocenters. The highest BCUT2D eigenvalue weighted by Gasteiger charge is 2.31. The summed E-state index contributed by atoms with van der Waals surface area (Å²) >= 11 is 0. The van der Waals surface area contributed by atoms with Crippen molar-refractivity contribution in [3.63, 3.8) is 0 Å². The average molecular weight is 427 g/mol. The van der Waals surface area contributed by atoms with Crippen LogP contribution >= 0.6 is 0 Å². The highest BCUT2D eigenvalue weighted by atomic mass is 16.6. The number of carbonyl (C=O) groups excluding carboxylic acids is 3. The van der Waals surface area contributed by atoms with Gasteiger partial charge in [-0.3, -0.25) is 14.5 Å². The summed E-state index contributed by atoms with van der Waals surface area (Å²) in [6.07, 6.45) is 2.62. The van der Waals surface area contributed by atoms with Gasteiger partial charge in [0.15, 0.2) is 0 Å². The molecule has 31 heavy (non-hydrogen) atoms. The van der Waals surface area contributed by atoms with Crippen LogP contribution in [0.5, 0.6) is 11.8 Å². The van der Waals surface area contributed by atoms with E-state index in [2.05, 4.69) is 15.3 Å². The maximum atomic E-state index is 12.3. The molecule has 3 rings (SSSR count). The van der Waals surface area contributed by atoms with Crippen LogP contribution in [0.1, 0.15) is 20.8 Å². The molecular formula is C21H25N5O5. The Hall–Kier alpha value is -3.69. The minimum absolute atomic E-state index is 0.100. The topological polar surface area (TPSA) is 114 Å². The maximum Gasteiger partial charge on any atom is 0.410 e. The zero-order valence-electron chi connectivity index (χ0n) is 17.7. The number of rotatable bonds is 5. The van der Waals surface area contributed by atoms with Crippen molar-refractivity contribution in [2.75, 3.05) is 31.5 Å². The molecule has 1 aromatic carbocycles. The summed E-state index contributed by atoms with van der Waals surface area (Å²) in [5, 5.41) is 2.74. The van der Waals surface area contributed by atoms with Crippen LogP contribution < -0.4 is 10.1 Å². The van der Waals surface area contributed by atoms with E-state index in [0.717, 1.165) is 0 Å². The van der Waals surface area contributed by atoms with Gasteiger partial charge in [0.05, 0.1) is 6.54 Å². The Balaban J connectivity index is 1.47. The minimum Gasteiger partial charge on any atom is -0.444 e. The number of nitrogens with zero attached hydrogens (tertiary/aromatic N) is 4. The lowest BCUT2D eigenvalue weighted by atomic mass is 10.2. The first-order valence-corrected chi connectivity index (χ1v) is 9.80. The number of carbonyl (C=O) groups is 3. The molecule has 0 radical (unpaired) electrons. The second kappa shape index (κ2) is 9.41. The van der Waals surface area contributed by atoms with Crippen molar-refractivity contribution in [1.82, 2.24) is 19.8 Å². The number of hydrogen-bond donors (Lipinski definition) is 1. The fraction of sp³-hybridized carbons (Fsp3) is 0.381. The van der Waals surface area contributed by atoms with Crippen molar-refractivity contribution in [3.05, 3.63) is 42.7 Å². The lowest BCUT2D eigenvalue weighted by Gasteiger charge is -2.34. The Kier molecular flexibility index (Phi) is 6.68. The quantitative estimate of drug-likeness (QED) is 0.779. The molecule has 0 spiro atoms. The molecule has 0 aliphatic carbocycles. The average Bonchev–Trinajstić information content (AvgIpc) is 2.70. The molecule has 164 valence electrons. The Labute approximate surface area is 180 Å². The minimum atomic E-state index is -0.633. The molecule has 2 heterocycles. The van der Waals surface area contributed by atoms with Gasteiger partial charge >= 0.3 is 12.1 Å². The van der Waals surface area contributed by atoms with Gasteiger partial charge in [0.25, 0.3) is 0 Å². The van der Waals surface area contributed by atoms with E-state index in [1.165, 1.54) is 9.80 Å². The Morgan fingerprint density at radius 2 is 1.77 bits per heavy atom. The summed E-state index contributed by atoms with van der Waals surface area (Å²) in [6.45, 7) is 5.65. The molecule has 0 bridgehead atoms. The van der Waals surface area contributed by atoms with Crippen molar-refractivity contribution in [1.29, 1.82) is 0 Å². The van der Waals surface area contributed by atoms with Crippen LogP contribution in [0.2, 0.25) is 0 Å². The molecule has 3 amide bonds. The molecule has 1 saturated heterocycles. The van der Waals surface area contributed by atoms with Gasteiger partial charge in [0, 0.05) is 31.2 Å². The van der Waals surface area contributed by atoms with E-state index >= 15 is 0 Å². The third-order valence-corrected chi connectivity index (χ3v) is 4.19.